The topological polar surface area (TPSA) is 75.3 Å². The van der Waals surface area contributed by atoms with Gasteiger partial charge in [-0.1, -0.05) is 0 Å². The smallest absolute Gasteiger partial charge is 0.332 e. The SMILES string of the molecule is Cn1ccnc1C[C@H](O)C(=O)O. The second-order valence-electron chi connectivity index (χ2n) is 2.51. The standard InChI is InChI=1S/C7H10N2O3/c1-9-3-2-8-6(9)4-5(10)7(11)12/h2-3,5,10H,4H2,1H3,(H,11,12)/t5-/m0/s1. The molecule has 0 aliphatic carbocycles. The molecule has 5 heteroatoms. The lowest BCUT2D eigenvalue weighted by atomic mass is 10.2. The van der Waals surface area contributed by atoms with Crippen LogP contribution in [-0.2, 0) is 18.3 Å². The van der Waals surface area contributed by atoms with E-state index in [9.17, 15) is 4.79 Å². The Morgan fingerprint density at radius 3 is 2.92 bits per heavy atom. The second kappa shape index (κ2) is 3.36. The molecule has 1 heterocycles. The predicted molar refractivity (Wildman–Crippen MR) is 40.6 cm³/mol. The molecule has 0 aliphatic heterocycles. The Hall–Kier alpha value is -1.36. The van der Waals surface area contributed by atoms with Crippen molar-refractivity contribution in [3.8, 4) is 0 Å². The molecule has 0 unspecified atom stereocenters. The van der Waals surface area contributed by atoms with Gasteiger partial charge in [-0.05, 0) is 0 Å². The van der Waals surface area contributed by atoms with Gasteiger partial charge < -0.3 is 14.8 Å². The summed E-state index contributed by atoms with van der Waals surface area (Å²) in [6.45, 7) is 0. The lowest BCUT2D eigenvalue weighted by Crippen LogP contribution is -2.23. The number of nitrogens with zero attached hydrogens (tertiary/aromatic N) is 2. The maximum atomic E-state index is 10.2. The summed E-state index contributed by atoms with van der Waals surface area (Å²) in [5.74, 6) is -0.664. The van der Waals surface area contributed by atoms with Gasteiger partial charge >= 0.3 is 5.97 Å². The van der Waals surface area contributed by atoms with E-state index >= 15 is 0 Å². The second-order valence-corrected chi connectivity index (χ2v) is 2.51. The Bertz CT molecular complexity index is 282. The van der Waals surface area contributed by atoms with Gasteiger partial charge in [-0.15, -0.1) is 0 Å². The van der Waals surface area contributed by atoms with Crippen LogP contribution in [0.3, 0.4) is 0 Å². The van der Waals surface area contributed by atoms with E-state index in [0.717, 1.165) is 0 Å². The fourth-order valence-electron chi connectivity index (χ4n) is 0.853. The molecule has 2 N–H and O–H groups in total. The summed E-state index contributed by atoms with van der Waals surface area (Å²) in [6, 6.07) is 0. The number of hydrogen-bond acceptors (Lipinski definition) is 3. The predicted octanol–water partition coefficient (Wildman–Crippen LogP) is -0.592. The van der Waals surface area contributed by atoms with E-state index in [1.165, 1.54) is 0 Å². The highest BCUT2D eigenvalue weighted by Crippen LogP contribution is 1.99. The number of hydrogen-bond donors (Lipinski definition) is 2. The van der Waals surface area contributed by atoms with Gasteiger partial charge in [0, 0.05) is 25.9 Å². The molecule has 1 aromatic rings. The van der Waals surface area contributed by atoms with Crippen molar-refractivity contribution in [1.82, 2.24) is 9.55 Å². The Balaban J connectivity index is 2.64. The summed E-state index contributed by atoms with van der Waals surface area (Å²) >= 11 is 0. The van der Waals surface area contributed by atoms with Crippen LogP contribution in [0.1, 0.15) is 5.82 Å². The van der Waals surface area contributed by atoms with Crippen LogP contribution in [0.2, 0.25) is 0 Å². The average molecular weight is 170 g/mol. The zero-order valence-electron chi connectivity index (χ0n) is 6.64. The highest BCUT2D eigenvalue weighted by Gasteiger charge is 2.15. The molecule has 0 saturated carbocycles. The summed E-state index contributed by atoms with van der Waals surface area (Å²) in [7, 11) is 1.75. The molecule has 1 rings (SSSR count). The van der Waals surface area contributed by atoms with E-state index in [1.54, 1.807) is 24.0 Å². The zero-order valence-corrected chi connectivity index (χ0v) is 6.64. The number of aliphatic carboxylic acids is 1. The van der Waals surface area contributed by atoms with E-state index in [2.05, 4.69) is 4.98 Å². The van der Waals surface area contributed by atoms with E-state index in [1.807, 2.05) is 0 Å². The van der Waals surface area contributed by atoms with Crippen molar-refractivity contribution in [2.75, 3.05) is 0 Å². The van der Waals surface area contributed by atoms with Gasteiger partial charge in [0.2, 0.25) is 0 Å². The first kappa shape index (κ1) is 8.73. The molecule has 0 aromatic carbocycles. The van der Waals surface area contributed by atoms with Crippen molar-refractivity contribution < 1.29 is 15.0 Å². The molecule has 1 aromatic heterocycles. The van der Waals surface area contributed by atoms with Gasteiger partial charge in [-0.25, -0.2) is 9.78 Å². The molecule has 0 radical (unpaired) electrons. The van der Waals surface area contributed by atoms with E-state index in [-0.39, 0.29) is 6.42 Å². The van der Waals surface area contributed by atoms with Crippen molar-refractivity contribution in [3.05, 3.63) is 18.2 Å². The van der Waals surface area contributed by atoms with Crippen LogP contribution >= 0.6 is 0 Å². The Kier molecular flexibility index (Phi) is 2.44. The quantitative estimate of drug-likeness (QED) is 0.635. The van der Waals surface area contributed by atoms with E-state index in [4.69, 9.17) is 10.2 Å². The fourth-order valence-corrected chi connectivity index (χ4v) is 0.853. The number of imidazole rings is 1. The maximum Gasteiger partial charge on any atom is 0.332 e. The first-order valence-corrected chi connectivity index (χ1v) is 3.48. The zero-order chi connectivity index (χ0) is 9.14. The van der Waals surface area contributed by atoms with Gasteiger partial charge in [0.1, 0.15) is 5.82 Å². The maximum absolute atomic E-state index is 10.2. The molecule has 0 spiro atoms. The van der Waals surface area contributed by atoms with E-state index < -0.39 is 12.1 Å². The molecular formula is C7H10N2O3. The van der Waals surface area contributed by atoms with Crippen molar-refractivity contribution in [3.63, 3.8) is 0 Å². The lowest BCUT2D eigenvalue weighted by molar-refractivity contribution is -0.146. The Labute approximate surface area is 69.3 Å². The molecule has 0 fully saturated rings. The lowest BCUT2D eigenvalue weighted by Gasteiger charge is -2.04. The van der Waals surface area contributed by atoms with Gasteiger partial charge in [0.05, 0.1) is 0 Å². The molecule has 66 valence electrons. The minimum Gasteiger partial charge on any atom is -0.479 e. The van der Waals surface area contributed by atoms with Gasteiger partial charge in [-0.2, -0.15) is 0 Å². The highest BCUT2D eigenvalue weighted by molar-refractivity contribution is 5.72. The van der Waals surface area contributed by atoms with Crippen LogP contribution in [-0.4, -0.2) is 31.8 Å². The van der Waals surface area contributed by atoms with Crippen LogP contribution in [0.4, 0.5) is 0 Å². The molecular weight excluding hydrogens is 160 g/mol. The molecule has 5 nitrogen and oxygen atoms in total. The van der Waals surface area contributed by atoms with Crippen LogP contribution in [0, 0.1) is 0 Å². The Morgan fingerprint density at radius 1 is 1.83 bits per heavy atom. The van der Waals surface area contributed by atoms with Crippen LogP contribution in [0.15, 0.2) is 12.4 Å². The van der Waals surface area contributed by atoms with Crippen LogP contribution in [0.5, 0.6) is 0 Å². The average Bonchev–Trinajstić information content (AvgIpc) is 2.36. The number of carboxylic acid groups (broad SMARTS) is 1. The third-order valence-corrected chi connectivity index (χ3v) is 1.58. The molecule has 1 atom stereocenters. The summed E-state index contributed by atoms with van der Waals surface area (Å²) in [5.41, 5.74) is 0. The summed E-state index contributed by atoms with van der Waals surface area (Å²) in [5, 5.41) is 17.4. The first-order valence-electron chi connectivity index (χ1n) is 3.48. The third-order valence-electron chi connectivity index (χ3n) is 1.58. The minimum atomic E-state index is -1.37. The number of aliphatic hydroxyl groups is 1. The van der Waals surface area contributed by atoms with Crippen molar-refractivity contribution >= 4 is 5.97 Å². The minimum absolute atomic E-state index is 0.0405. The monoisotopic (exact) mass is 170 g/mol. The van der Waals surface area contributed by atoms with Crippen molar-refractivity contribution in [1.29, 1.82) is 0 Å². The summed E-state index contributed by atoms with van der Waals surface area (Å²) < 4.78 is 1.67. The largest absolute Gasteiger partial charge is 0.479 e. The summed E-state index contributed by atoms with van der Waals surface area (Å²) in [4.78, 5) is 14.1. The molecule has 12 heavy (non-hydrogen) atoms. The van der Waals surface area contributed by atoms with Crippen molar-refractivity contribution in [2.45, 2.75) is 12.5 Å². The number of carboxylic acids is 1. The number of carbonyl (C=O) groups is 1. The number of aliphatic hydroxyl groups excluding tert-OH is 1. The number of rotatable bonds is 3. The normalized spacial score (nSPS) is 12.8. The van der Waals surface area contributed by atoms with Crippen LogP contribution < -0.4 is 0 Å². The summed E-state index contributed by atoms with van der Waals surface area (Å²) in [6.07, 6.45) is 1.93. The molecule has 0 bridgehead atoms. The van der Waals surface area contributed by atoms with Crippen molar-refractivity contribution in [2.24, 2.45) is 7.05 Å². The number of aromatic nitrogens is 2. The molecule has 0 amide bonds. The van der Waals surface area contributed by atoms with Gasteiger partial charge in [0.15, 0.2) is 6.10 Å². The van der Waals surface area contributed by atoms with Gasteiger partial charge in [0.25, 0.3) is 0 Å². The molecule has 0 saturated heterocycles. The van der Waals surface area contributed by atoms with E-state index in [0.29, 0.717) is 5.82 Å². The Morgan fingerprint density at radius 2 is 2.50 bits per heavy atom. The third kappa shape index (κ3) is 1.82. The van der Waals surface area contributed by atoms with Crippen LogP contribution in [0.25, 0.3) is 0 Å². The first-order chi connectivity index (χ1) is 5.61. The molecule has 0 aliphatic rings. The highest BCUT2D eigenvalue weighted by atomic mass is 16.4. The van der Waals surface area contributed by atoms with Gasteiger partial charge in [-0.3, -0.25) is 0 Å². The fraction of sp³-hybridized carbons (Fsp3) is 0.429. The number of aryl methyl sites for hydroxylation is 1.